The fourth-order valence-corrected chi connectivity index (χ4v) is 17.4. The Morgan fingerprint density at radius 2 is 0.482 bits per heavy atom. The maximum atomic E-state index is 9.47. The van der Waals surface area contributed by atoms with Crippen LogP contribution in [0.2, 0.25) is 5.28 Å². The van der Waals surface area contributed by atoms with Gasteiger partial charge in [-0.05, 0) is 136 Å². The highest BCUT2D eigenvalue weighted by molar-refractivity contribution is 7.26. The van der Waals surface area contributed by atoms with Crippen LogP contribution in [0.3, 0.4) is 0 Å². The number of benzene rings is 16. The van der Waals surface area contributed by atoms with Gasteiger partial charge in [-0.1, -0.05) is 370 Å². The molecule has 0 saturated heterocycles. The van der Waals surface area contributed by atoms with Gasteiger partial charge in [-0.3, -0.25) is 0 Å². The van der Waals surface area contributed by atoms with E-state index in [2.05, 4.69) is 301 Å². The minimum absolute atomic E-state index is 0.176. The highest BCUT2D eigenvalue weighted by Gasteiger charge is 2.21. The molecule has 0 radical (unpaired) electrons. The fraction of sp³-hybridized carbons (Fsp3) is 0. The standard InChI is InChI=1S/C51H33N3S.C27H18ClN3.C24H17BO2S/c1-3-14-34(15-4-1)35-28-30-37(31-29-35)49-52-50(54-51(53-49)46-24-8-7-22-42(46)36-16-5-2-6-17-36)41-21-12-19-39(33-41)38-18-11-20-40(32-38)43-25-13-26-45-44-23-9-10-27-47(44)55-48(43)45;28-27-30-25(22-17-15-20(16-18-22)19-9-3-1-4-10-19)29-26(31-27)24-14-8-7-13-23(24)21-11-5-2-6-12-21;26-25(27)19-9-4-7-17(15-19)16-6-3-8-18(14-16)20-11-5-12-22-21-10-1-2-13-23(21)28-24(20)22/h1-33H;1-18H;1-15,26-27H. The summed E-state index contributed by atoms with van der Waals surface area (Å²) >= 11 is 10.00. The maximum absolute atomic E-state index is 9.47. The van der Waals surface area contributed by atoms with Gasteiger partial charge in [-0.15, -0.1) is 22.7 Å². The van der Waals surface area contributed by atoms with Crippen molar-refractivity contribution in [2.45, 2.75) is 0 Å². The summed E-state index contributed by atoms with van der Waals surface area (Å²) in [5.74, 6) is 3.00. The molecular weight excluding hydrogens is 1450 g/mol. The van der Waals surface area contributed by atoms with E-state index in [0.29, 0.717) is 34.6 Å². The van der Waals surface area contributed by atoms with E-state index in [-0.39, 0.29) is 5.28 Å². The Kier molecular flexibility index (Phi) is 20.6. The molecule has 0 aliphatic heterocycles. The number of hydrogen-bond acceptors (Lipinski definition) is 10. The SMILES string of the molecule is Clc1nc(-c2ccc(-c3ccccc3)cc2)nc(-c2ccccc2-c2ccccc2)n1.OB(O)c1cccc(-c2cccc(-c3cccc4c3sc3ccccc34)c2)c1.c1ccc(-c2ccc(-c3nc(-c4cccc(-c5cccc(-c6cccc7c6sc6ccccc67)c5)c4)nc(-c4ccccc4-c4ccccc4)n3)cc2)cc1. The third kappa shape index (κ3) is 15.3. The number of thiophene rings is 2. The smallest absolute Gasteiger partial charge is 0.423 e. The van der Waals surface area contributed by atoms with Crippen molar-refractivity contribution in [2.24, 2.45) is 0 Å². The zero-order valence-electron chi connectivity index (χ0n) is 61.5. The summed E-state index contributed by atoms with van der Waals surface area (Å²) in [5, 5.41) is 24.3. The Balaban J connectivity index is 0.000000130. The lowest BCUT2D eigenvalue weighted by molar-refractivity contribution is 0.426. The van der Waals surface area contributed by atoms with E-state index in [1.54, 1.807) is 6.07 Å². The van der Waals surface area contributed by atoms with Gasteiger partial charge in [0, 0.05) is 68.2 Å². The molecule has 0 saturated carbocycles. The molecule has 0 amide bonds. The summed E-state index contributed by atoms with van der Waals surface area (Å²) in [6.45, 7) is 0. The number of aromatic nitrogens is 6. The third-order valence-corrected chi connectivity index (χ3v) is 23.0. The zero-order valence-corrected chi connectivity index (χ0v) is 63.8. The van der Waals surface area contributed by atoms with Crippen LogP contribution in [-0.2, 0) is 0 Å². The van der Waals surface area contributed by atoms with Crippen molar-refractivity contribution in [1.82, 2.24) is 29.9 Å². The average Bonchev–Trinajstić information content (AvgIpc) is 1.57. The second kappa shape index (κ2) is 32.7. The van der Waals surface area contributed by atoms with E-state index in [9.17, 15) is 10.0 Å². The quantitative estimate of drug-likeness (QED) is 0.103. The van der Waals surface area contributed by atoms with E-state index in [1.807, 2.05) is 126 Å². The predicted octanol–water partition coefficient (Wildman–Crippen LogP) is 26.2. The van der Waals surface area contributed by atoms with E-state index >= 15 is 0 Å². The molecule has 540 valence electrons. The van der Waals surface area contributed by atoms with Gasteiger partial charge in [0.25, 0.3) is 0 Å². The van der Waals surface area contributed by atoms with Crippen molar-refractivity contribution < 1.29 is 10.0 Å². The topological polar surface area (TPSA) is 118 Å². The van der Waals surface area contributed by atoms with Crippen LogP contribution in [0.15, 0.2) is 400 Å². The monoisotopic (exact) mass is 1520 g/mol. The maximum Gasteiger partial charge on any atom is 0.488 e. The lowest BCUT2D eigenvalue weighted by atomic mass is 9.79. The van der Waals surface area contributed by atoms with Crippen LogP contribution in [-0.4, -0.2) is 47.1 Å². The summed E-state index contributed by atoms with van der Waals surface area (Å²) in [5.41, 5.74) is 23.2. The van der Waals surface area contributed by atoms with Gasteiger partial charge in [0.15, 0.2) is 29.1 Å². The first-order chi connectivity index (χ1) is 56.2. The minimum atomic E-state index is -1.46. The number of hydrogen-bond donors (Lipinski definition) is 2. The number of halogens is 1. The van der Waals surface area contributed by atoms with E-state index in [0.717, 1.165) is 89.0 Å². The largest absolute Gasteiger partial charge is 0.488 e. The van der Waals surface area contributed by atoms with E-state index in [1.165, 1.54) is 68.2 Å². The Bertz CT molecular complexity index is 6850. The summed E-state index contributed by atoms with van der Waals surface area (Å²) in [6, 6.07) is 138. The summed E-state index contributed by atoms with van der Waals surface area (Å²) in [7, 11) is -1.46. The Labute approximate surface area is 673 Å². The van der Waals surface area contributed by atoms with E-state index < -0.39 is 7.12 Å². The van der Waals surface area contributed by atoms with Gasteiger partial charge in [0.05, 0.1) is 0 Å². The molecule has 114 heavy (non-hydrogen) atoms. The normalized spacial score (nSPS) is 11.1. The first-order valence-electron chi connectivity index (χ1n) is 37.6. The molecule has 12 heteroatoms. The van der Waals surface area contributed by atoms with Gasteiger partial charge in [0.2, 0.25) is 5.28 Å². The Morgan fingerprint density at radius 1 is 0.202 bits per heavy atom. The van der Waals surface area contributed by atoms with Gasteiger partial charge in [-0.25, -0.2) is 19.9 Å². The summed E-state index contributed by atoms with van der Waals surface area (Å²) in [4.78, 5) is 29.0. The van der Waals surface area contributed by atoms with Crippen LogP contribution >= 0.6 is 34.3 Å². The summed E-state index contributed by atoms with van der Waals surface area (Å²) in [6.07, 6.45) is 0. The highest BCUT2D eigenvalue weighted by Crippen LogP contribution is 2.44. The molecule has 0 spiro atoms. The van der Waals surface area contributed by atoms with Crippen LogP contribution in [0.1, 0.15) is 0 Å². The minimum Gasteiger partial charge on any atom is -0.423 e. The molecule has 2 N–H and O–H groups in total. The molecule has 8 nitrogen and oxygen atoms in total. The number of rotatable bonds is 14. The first kappa shape index (κ1) is 71.8. The molecule has 0 fully saturated rings. The summed E-state index contributed by atoms with van der Waals surface area (Å²) < 4.78 is 5.21. The van der Waals surface area contributed by atoms with Crippen LogP contribution in [0.25, 0.3) is 186 Å². The van der Waals surface area contributed by atoms with Crippen LogP contribution in [0.5, 0.6) is 0 Å². The Morgan fingerprint density at radius 3 is 0.939 bits per heavy atom. The third-order valence-electron chi connectivity index (χ3n) is 20.4. The van der Waals surface area contributed by atoms with Crippen molar-refractivity contribution in [2.75, 3.05) is 0 Å². The molecule has 0 aliphatic carbocycles. The van der Waals surface area contributed by atoms with Gasteiger partial charge >= 0.3 is 7.12 Å². The average molecular weight is 1520 g/mol. The molecule has 20 rings (SSSR count). The lowest BCUT2D eigenvalue weighted by Gasteiger charge is -2.13. The van der Waals surface area contributed by atoms with Crippen molar-refractivity contribution in [3.63, 3.8) is 0 Å². The zero-order chi connectivity index (χ0) is 76.7. The van der Waals surface area contributed by atoms with Crippen molar-refractivity contribution >= 4 is 87.2 Å². The Hall–Kier alpha value is -13.7. The van der Waals surface area contributed by atoms with Crippen molar-refractivity contribution in [1.29, 1.82) is 0 Å². The molecule has 4 aromatic heterocycles. The van der Waals surface area contributed by atoms with E-state index in [4.69, 9.17) is 31.5 Å². The van der Waals surface area contributed by atoms with Gasteiger partial charge in [0.1, 0.15) is 0 Å². The number of nitrogens with zero attached hydrogens (tertiary/aromatic N) is 6. The van der Waals surface area contributed by atoms with Crippen LogP contribution in [0.4, 0.5) is 0 Å². The van der Waals surface area contributed by atoms with Crippen molar-refractivity contribution in [3.8, 4) is 146 Å². The number of fused-ring (bicyclic) bond motifs is 6. The fourth-order valence-electron chi connectivity index (χ4n) is 14.7. The van der Waals surface area contributed by atoms with Crippen LogP contribution in [0, 0.1) is 0 Å². The molecule has 16 aromatic carbocycles. The second-order valence-corrected chi connectivity index (χ2v) is 30.0. The molecular formula is C102H68BClN6O2S2. The molecule has 0 aliphatic rings. The van der Waals surface area contributed by atoms with Crippen LogP contribution < -0.4 is 5.46 Å². The van der Waals surface area contributed by atoms with Gasteiger partial charge in [-0.2, -0.15) is 9.97 Å². The lowest BCUT2D eigenvalue weighted by Crippen LogP contribution is -2.29. The predicted molar refractivity (Wildman–Crippen MR) is 477 cm³/mol. The highest BCUT2D eigenvalue weighted by atomic mass is 35.5. The molecule has 0 unspecified atom stereocenters. The molecule has 20 aromatic rings. The molecule has 0 atom stereocenters. The van der Waals surface area contributed by atoms with Crippen molar-refractivity contribution in [3.05, 3.63) is 406 Å². The van der Waals surface area contributed by atoms with Gasteiger partial charge < -0.3 is 10.0 Å². The first-order valence-corrected chi connectivity index (χ1v) is 39.6. The molecule has 4 heterocycles. The second-order valence-electron chi connectivity index (χ2n) is 27.6. The molecule has 0 bridgehead atoms.